The quantitative estimate of drug-likeness (QED) is 0.745. The number of nitrogens with zero attached hydrogens (tertiary/aromatic N) is 1. The summed E-state index contributed by atoms with van der Waals surface area (Å²) in [6, 6.07) is 8.28. The van der Waals surface area contributed by atoms with Crippen LogP contribution in [0.3, 0.4) is 0 Å². The van der Waals surface area contributed by atoms with E-state index in [0.717, 1.165) is 44.7 Å². The average molecular weight is 348 g/mol. The number of rotatable bonds is 9. The van der Waals surface area contributed by atoms with Crippen LogP contribution in [0.5, 0.6) is 5.75 Å². The molecule has 1 aliphatic heterocycles. The van der Waals surface area contributed by atoms with E-state index in [9.17, 15) is 4.79 Å². The van der Waals surface area contributed by atoms with Crippen LogP contribution in [0, 0.1) is 0 Å². The predicted octanol–water partition coefficient (Wildman–Crippen LogP) is 3.15. The maximum absolute atomic E-state index is 12.3. The molecule has 1 heterocycles. The van der Waals surface area contributed by atoms with Crippen molar-refractivity contribution in [2.75, 3.05) is 33.4 Å². The lowest BCUT2D eigenvalue weighted by atomic mass is 10.0. The van der Waals surface area contributed by atoms with Gasteiger partial charge in [0.2, 0.25) is 5.91 Å². The number of methoxy groups -OCH3 is 1. The van der Waals surface area contributed by atoms with E-state index in [1.165, 1.54) is 5.56 Å². The SMILES string of the molecule is CCN(CC)C(CNC(=O)CC1CCCCO1)c1ccc(OC)cc1. The van der Waals surface area contributed by atoms with E-state index in [0.29, 0.717) is 13.0 Å². The highest BCUT2D eigenvalue weighted by Crippen LogP contribution is 2.23. The fourth-order valence-electron chi connectivity index (χ4n) is 3.41. The molecular weight excluding hydrogens is 316 g/mol. The van der Waals surface area contributed by atoms with Crippen LogP contribution in [-0.2, 0) is 9.53 Å². The molecule has 0 aliphatic carbocycles. The Hall–Kier alpha value is -1.59. The zero-order valence-corrected chi connectivity index (χ0v) is 15.8. The Bertz CT molecular complexity index is 508. The van der Waals surface area contributed by atoms with Crippen LogP contribution in [0.2, 0.25) is 0 Å². The molecule has 140 valence electrons. The van der Waals surface area contributed by atoms with Crippen molar-refractivity contribution in [3.8, 4) is 5.75 Å². The fourth-order valence-corrected chi connectivity index (χ4v) is 3.41. The molecule has 2 rings (SSSR count). The third kappa shape index (κ3) is 6.01. The molecule has 0 bridgehead atoms. The van der Waals surface area contributed by atoms with Gasteiger partial charge in [-0.1, -0.05) is 26.0 Å². The van der Waals surface area contributed by atoms with Gasteiger partial charge < -0.3 is 14.8 Å². The molecule has 5 heteroatoms. The maximum Gasteiger partial charge on any atom is 0.222 e. The lowest BCUT2D eigenvalue weighted by molar-refractivity contribution is -0.125. The van der Waals surface area contributed by atoms with Crippen molar-refractivity contribution in [2.24, 2.45) is 0 Å². The van der Waals surface area contributed by atoms with Gasteiger partial charge in [-0.05, 0) is 50.0 Å². The summed E-state index contributed by atoms with van der Waals surface area (Å²) < 4.78 is 10.9. The van der Waals surface area contributed by atoms with Crippen LogP contribution in [0.25, 0.3) is 0 Å². The fraction of sp³-hybridized carbons (Fsp3) is 0.650. The second-order valence-corrected chi connectivity index (χ2v) is 6.51. The highest BCUT2D eigenvalue weighted by Gasteiger charge is 2.21. The Kier molecular flexibility index (Phi) is 8.22. The summed E-state index contributed by atoms with van der Waals surface area (Å²) >= 11 is 0. The third-order valence-electron chi connectivity index (χ3n) is 4.93. The first-order valence-corrected chi connectivity index (χ1v) is 9.44. The van der Waals surface area contributed by atoms with E-state index >= 15 is 0 Å². The minimum atomic E-state index is 0.0811. The van der Waals surface area contributed by atoms with E-state index in [1.54, 1.807) is 7.11 Å². The lowest BCUT2D eigenvalue weighted by Crippen LogP contribution is -2.39. The zero-order chi connectivity index (χ0) is 18.1. The molecule has 1 aliphatic rings. The van der Waals surface area contributed by atoms with Gasteiger partial charge in [0.25, 0.3) is 0 Å². The Morgan fingerprint density at radius 1 is 1.28 bits per heavy atom. The van der Waals surface area contributed by atoms with E-state index in [2.05, 4.69) is 36.2 Å². The Labute approximate surface area is 151 Å². The number of carbonyl (C=O) groups is 1. The molecule has 1 aromatic carbocycles. The average Bonchev–Trinajstić information content (AvgIpc) is 2.66. The van der Waals surface area contributed by atoms with Gasteiger partial charge in [0.05, 0.1) is 25.7 Å². The van der Waals surface area contributed by atoms with E-state index in [1.807, 2.05) is 12.1 Å². The van der Waals surface area contributed by atoms with Crippen molar-refractivity contribution in [1.82, 2.24) is 10.2 Å². The maximum atomic E-state index is 12.3. The summed E-state index contributed by atoms with van der Waals surface area (Å²) in [6.45, 7) is 7.57. The molecule has 25 heavy (non-hydrogen) atoms. The number of hydrogen-bond donors (Lipinski definition) is 1. The molecule has 5 nitrogen and oxygen atoms in total. The van der Waals surface area contributed by atoms with Crippen molar-refractivity contribution in [3.05, 3.63) is 29.8 Å². The molecule has 1 amide bonds. The number of ether oxygens (including phenoxy) is 2. The largest absolute Gasteiger partial charge is 0.497 e. The second kappa shape index (κ2) is 10.4. The van der Waals surface area contributed by atoms with Crippen molar-refractivity contribution < 1.29 is 14.3 Å². The van der Waals surface area contributed by atoms with Gasteiger partial charge in [-0.3, -0.25) is 9.69 Å². The Morgan fingerprint density at radius 3 is 2.56 bits per heavy atom. The van der Waals surface area contributed by atoms with E-state index < -0.39 is 0 Å². The van der Waals surface area contributed by atoms with Crippen LogP contribution in [0.15, 0.2) is 24.3 Å². The number of carbonyl (C=O) groups excluding carboxylic acids is 1. The highest BCUT2D eigenvalue weighted by atomic mass is 16.5. The van der Waals surface area contributed by atoms with Crippen LogP contribution < -0.4 is 10.1 Å². The van der Waals surface area contributed by atoms with Crippen LogP contribution in [0.1, 0.15) is 51.1 Å². The Balaban J connectivity index is 1.96. The predicted molar refractivity (Wildman–Crippen MR) is 99.9 cm³/mol. The normalized spacial score (nSPS) is 18.8. The van der Waals surface area contributed by atoms with Gasteiger partial charge in [-0.2, -0.15) is 0 Å². The first kappa shape index (κ1) is 19.7. The molecule has 2 atom stereocenters. The summed E-state index contributed by atoms with van der Waals surface area (Å²) in [7, 11) is 1.67. The van der Waals surface area contributed by atoms with Crippen LogP contribution in [0.4, 0.5) is 0 Å². The van der Waals surface area contributed by atoms with Gasteiger partial charge in [0.1, 0.15) is 5.75 Å². The van der Waals surface area contributed by atoms with Crippen molar-refractivity contribution in [2.45, 2.75) is 51.7 Å². The van der Waals surface area contributed by atoms with Crippen LogP contribution in [-0.4, -0.2) is 50.3 Å². The molecule has 1 N–H and O–H groups in total. The van der Waals surface area contributed by atoms with Gasteiger partial charge in [-0.25, -0.2) is 0 Å². The molecule has 1 fully saturated rings. The highest BCUT2D eigenvalue weighted by molar-refractivity contribution is 5.76. The number of hydrogen-bond acceptors (Lipinski definition) is 4. The molecule has 1 aromatic rings. The summed E-state index contributed by atoms with van der Waals surface area (Å²) in [4.78, 5) is 14.7. The van der Waals surface area contributed by atoms with E-state index in [-0.39, 0.29) is 18.1 Å². The smallest absolute Gasteiger partial charge is 0.222 e. The lowest BCUT2D eigenvalue weighted by Gasteiger charge is -2.30. The number of nitrogens with one attached hydrogen (secondary N) is 1. The zero-order valence-electron chi connectivity index (χ0n) is 15.8. The van der Waals surface area contributed by atoms with Gasteiger partial charge in [-0.15, -0.1) is 0 Å². The molecular formula is C20H32N2O3. The first-order valence-electron chi connectivity index (χ1n) is 9.44. The molecule has 0 radical (unpaired) electrons. The number of amides is 1. The van der Waals surface area contributed by atoms with Gasteiger partial charge in [0, 0.05) is 13.2 Å². The van der Waals surface area contributed by atoms with Crippen LogP contribution >= 0.6 is 0 Å². The molecule has 2 unspecified atom stereocenters. The summed E-state index contributed by atoms with van der Waals surface area (Å²) in [5, 5.41) is 3.11. The van der Waals surface area contributed by atoms with Crippen molar-refractivity contribution in [3.63, 3.8) is 0 Å². The molecule has 0 spiro atoms. The number of likely N-dealkylation sites (N-methyl/N-ethyl adjacent to an activating group) is 1. The first-order chi connectivity index (χ1) is 12.2. The van der Waals surface area contributed by atoms with Gasteiger partial charge in [0.15, 0.2) is 0 Å². The standard InChI is InChI=1S/C20H32N2O3/c1-4-22(5-2)19(16-9-11-17(24-3)12-10-16)15-21-20(23)14-18-8-6-7-13-25-18/h9-12,18-19H,4-8,13-15H2,1-3H3,(H,21,23). The van der Waals surface area contributed by atoms with Crippen molar-refractivity contribution >= 4 is 5.91 Å². The van der Waals surface area contributed by atoms with Crippen molar-refractivity contribution in [1.29, 1.82) is 0 Å². The second-order valence-electron chi connectivity index (χ2n) is 6.51. The molecule has 0 aromatic heterocycles. The third-order valence-corrected chi connectivity index (χ3v) is 4.93. The minimum absolute atomic E-state index is 0.0811. The molecule has 0 saturated carbocycles. The topological polar surface area (TPSA) is 50.8 Å². The summed E-state index contributed by atoms with van der Waals surface area (Å²) in [6.07, 6.45) is 3.81. The monoisotopic (exact) mass is 348 g/mol. The molecule has 1 saturated heterocycles. The summed E-state index contributed by atoms with van der Waals surface area (Å²) in [5.41, 5.74) is 1.19. The minimum Gasteiger partial charge on any atom is -0.497 e. The Morgan fingerprint density at radius 2 is 2.00 bits per heavy atom. The van der Waals surface area contributed by atoms with E-state index in [4.69, 9.17) is 9.47 Å². The summed E-state index contributed by atoms with van der Waals surface area (Å²) in [5.74, 6) is 0.929. The number of benzene rings is 1. The van der Waals surface area contributed by atoms with Gasteiger partial charge >= 0.3 is 0 Å².